The largest absolute Gasteiger partial charge is 0.384 e. The number of pyridine rings is 1. The molecule has 4 nitrogen and oxygen atoms in total. The fraction of sp³-hybridized carbons (Fsp3) is 0.214. The van der Waals surface area contributed by atoms with Crippen molar-refractivity contribution < 1.29 is 4.79 Å². The normalized spacial score (nSPS) is 16.1. The third kappa shape index (κ3) is 2.01. The van der Waals surface area contributed by atoms with Crippen molar-refractivity contribution in [3.05, 3.63) is 41.8 Å². The Morgan fingerprint density at radius 3 is 2.89 bits per heavy atom. The van der Waals surface area contributed by atoms with Gasteiger partial charge in [0.05, 0.1) is 11.4 Å². The van der Waals surface area contributed by atoms with Crippen molar-refractivity contribution in [1.82, 2.24) is 10.3 Å². The van der Waals surface area contributed by atoms with Crippen LogP contribution in [0.3, 0.4) is 0 Å². The van der Waals surface area contributed by atoms with E-state index >= 15 is 0 Å². The van der Waals surface area contributed by atoms with Crippen LogP contribution in [0, 0.1) is 5.92 Å². The molecule has 1 aliphatic rings. The number of anilines is 1. The van der Waals surface area contributed by atoms with Crippen LogP contribution in [0.1, 0.15) is 12.0 Å². The number of nitrogens with two attached hydrogens (primary N) is 1. The molecule has 3 rings (SSSR count). The summed E-state index contributed by atoms with van der Waals surface area (Å²) in [6, 6.07) is 9.81. The molecule has 1 radical (unpaired) electrons. The number of hydrogen-bond acceptors (Lipinski definition) is 3. The number of amides is 1. The van der Waals surface area contributed by atoms with Gasteiger partial charge in [0, 0.05) is 11.9 Å². The Kier molecular flexibility index (Phi) is 2.63. The highest BCUT2D eigenvalue weighted by molar-refractivity contribution is 5.92. The molecule has 1 fully saturated rings. The molecule has 0 spiro atoms. The predicted molar refractivity (Wildman–Crippen MR) is 70.7 cm³/mol. The van der Waals surface area contributed by atoms with E-state index in [1.165, 1.54) is 0 Å². The maximum absolute atomic E-state index is 11.5. The molecule has 0 aliphatic carbocycles. The van der Waals surface area contributed by atoms with Crippen molar-refractivity contribution in [3.8, 4) is 0 Å². The van der Waals surface area contributed by atoms with Crippen LogP contribution < -0.4 is 11.1 Å². The molecule has 1 aromatic heterocycles. The van der Waals surface area contributed by atoms with Crippen molar-refractivity contribution in [1.29, 1.82) is 0 Å². The van der Waals surface area contributed by atoms with E-state index < -0.39 is 0 Å². The van der Waals surface area contributed by atoms with Crippen molar-refractivity contribution >= 4 is 22.6 Å². The Balaban J connectivity index is 1.90. The van der Waals surface area contributed by atoms with E-state index in [1.54, 1.807) is 6.07 Å². The second-order valence-electron chi connectivity index (χ2n) is 4.55. The van der Waals surface area contributed by atoms with E-state index in [4.69, 9.17) is 5.73 Å². The zero-order valence-electron chi connectivity index (χ0n) is 9.94. The molecule has 1 saturated heterocycles. The first-order valence-electron chi connectivity index (χ1n) is 6.00. The summed E-state index contributed by atoms with van der Waals surface area (Å²) in [4.78, 5) is 15.8. The van der Waals surface area contributed by atoms with Crippen LogP contribution in [-0.4, -0.2) is 17.4 Å². The van der Waals surface area contributed by atoms with Crippen LogP contribution in [0.15, 0.2) is 30.3 Å². The van der Waals surface area contributed by atoms with Crippen LogP contribution >= 0.6 is 0 Å². The lowest BCUT2D eigenvalue weighted by Crippen LogP contribution is -2.19. The summed E-state index contributed by atoms with van der Waals surface area (Å²) in [5.41, 5.74) is 7.66. The summed E-state index contributed by atoms with van der Waals surface area (Å²) >= 11 is 0. The Bertz CT molecular complexity index is 609. The van der Waals surface area contributed by atoms with Crippen molar-refractivity contribution in [2.45, 2.75) is 12.8 Å². The first-order valence-corrected chi connectivity index (χ1v) is 6.00. The molecule has 18 heavy (non-hydrogen) atoms. The van der Waals surface area contributed by atoms with Gasteiger partial charge in [-0.2, -0.15) is 0 Å². The molecule has 1 aromatic carbocycles. The molecule has 0 saturated carbocycles. The van der Waals surface area contributed by atoms with E-state index in [1.807, 2.05) is 24.3 Å². The number of hydrogen-bond donors (Lipinski definition) is 2. The van der Waals surface area contributed by atoms with Gasteiger partial charge in [-0.15, -0.1) is 0 Å². The molecule has 1 aliphatic heterocycles. The highest BCUT2D eigenvalue weighted by Gasteiger charge is 2.24. The van der Waals surface area contributed by atoms with Crippen LogP contribution in [0.4, 0.5) is 5.82 Å². The third-order valence-electron chi connectivity index (χ3n) is 3.23. The van der Waals surface area contributed by atoms with E-state index in [9.17, 15) is 4.79 Å². The molecule has 4 heteroatoms. The number of carbonyl (C=O) groups is 1. The summed E-state index contributed by atoms with van der Waals surface area (Å²) in [5.74, 6) is 1.54. The van der Waals surface area contributed by atoms with E-state index in [-0.39, 0.29) is 5.91 Å². The van der Waals surface area contributed by atoms with E-state index in [0.717, 1.165) is 35.3 Å². The van der Waals surface area contributed by atoms with Gasteiger partial charge in [0.2, 0.25) is 5.91 Å². The zero-order valence-corrected chi connectivity index (χ0v) is 9.94. The Hall–Kier alpha value is -2.10. The van der Waals surface area contributed by atoms with E-state index in [2.05, 4.69) is 10.3 Å². The minimum atomic E-state index is 0.0793. The van der Waals surface area contributed by atoms with Crippen LogP contribution in [0.5, 0.6) is 0 Å². The lowest BCUT2D eigenvalue weighted by molar-refractivity contribution is -0.117. The smallest absolute Gasteiger partial charge is 0.227 e. The number of benzene rings is 1. The first kappa shape index (κ1) is 11.0. The quantitative estimate of drug-likeness (QED) is 0.835. The number of aromatic nitrogens is 1. The number of nitrogen functional groups attached to an aromatic ring is 1. The maximum atomic E-state index is 11.5. The number of carbonyl (C=O) groups excluding carboxylic acids is 1. The summed E-state index contributed by atoms with van der Waals surface area (Å²) in [5, 5.41) is 3.89. The molecule has 0 atom stereocenters. The number of fused-ring (bicyclic) bond motifs is 1. The summed E-state index contributed by atoms with van der Waals surface area (Å²) in [6.45, 7) is 0.757. The van der Waals surface area contributed by atoms with Gasteiger partial charge >= 0.3 is 0 Å². The third-order valence-corrected chi connectivity index (χ3v) is 3.23. The van der Waals surface area contributed by atoms with Gasteiger partial charge in [0.15, 0.2) is 0 Å². The number of nitrogens with zero attached hydrogens (tertiary/aromatic N) is 1. The Morgan fingerprint density at radius 2 is 2.11 bits per heavy atom. The van der Waals surface area contributed by atoms with Gasteiger partial charge in [0.1, 0.15) is 5.82 Å². The van der Waals surface area contributed by atoms with Gasteiger partial charge in [-0.3, -0.25) is 4.79 Å². The van der Waals surface area contributed by atoms with Gasteiger partial charge in [0.25, 0.3) is 0 Å². The van der Waals surface area contributed by atoms with Gasteiger partial charge in [-0.05, 0) is 36.6 Å². The molecular weight excluding hydrogens is 226 g/mol. The highest BCUT2D eigenvalue weighted by Crippen LogP contribution is 2.21. The second-order valence-corrected chi connectivity index (χ2v) is 4.55. The molecule has 91 valence electrons. The average molecular weight is 240 g/mol. The van der Waals surface area contributed by atoms with Crippen molar-refractivity contribution in [2.24, 2.45) is 0 Å². The molecule has 2 heterocycles. The van der Waals surface area contributed by atoms with Gasteiger partial charge in [-0.25, -0.2) is 4.98 Å². The van der Waals surface area contributed by atoms with E-state index in [0.29, 0.717) is 12.2 Å². The summed E-state index contributed by atoms with van der Waals surface area (Å²) in [7, 11) is 0. The lowest BCUT2D eigenvalue weighted by Gasteiger charge is -2.07. The van der Waals surface area contributed by atoms with Gasteiger partial charge < -0.3 is 11.1 Å². The Labute approximate surface area is 105 Å². The number of rotatable bonds is 2. The predicted octanol–water partition coefficient (Wildman–Crippen LogP) is 1.45. The topological polar surface area (TPSA) is 68.0 Å². The molecule has 0 unspecified atom stereocenters. The monoisotopic (exact) mass is 240 g/mol. The average Bonchev–Trinajstić information content (AvgIpc) is 2.74. The second kappa shape index (κ2) is 4.29. The fourth-order valence-electron chi connectivity index (χ4n) is 2.27. The molecular formula is C14H14N3O. The summed E-state index contributed by atoms with van der Waals surface area (Å²) in [6.07, 6.45) is 1.53. The highest BCUT2D eigenvalue weighted by atomic mass is 16.2. The minimum Gasteiger partial charge on any atom is -0.384 e. The van der Waals surface area contributed by atoms with Crippen LogP contribution in [-0.2, 0) is 11.2 Å². The molecule has 1 amide bonds. The molecule has 0 bridgehead atoms. The summed E-state index contributed by atoms with van der Waals surface area (Å²) < 4.78 is 0. The lowest BCUT2D eigenvalue weighted by atomic mass is 9.97. The van der Waals surface area contributed by atoms with Crippen LogP contribution in [0.2, 0.25) is 0 Å². The molecule has 2 aromatic rings. The SMILES string of the molecule is Nc1ccc2ccc(C[C]3CCNC3=O)cc2n1. The van der Waals surface area contributed by atoms with Gasteiger partial charge in [-0.1, -0.05) is 12.1 Å². The van der Waals surface area contributed by atoms with Crippen molar-refractivity contribution in [2.75, 3.05) is 12.3 Å². The standard InChI is InChI=1S/C14H14N3O/c15-13-4-3-10-2-1-9(8-12(10)17-13)7-11-5-6-16-14(11)18/h1-4,8H,5-7H2,(H2,15,17)(H,16,18). The van der Waals surface area contributed by atoms with Crippen LogP contribution in [0.25, 0.3) is 10.9 Å². The van der Waals surface area contributed by atoms with Crippen molar-refractivity contribution in [3.63, 3.8) is 0 Å². The Morgan fingerprint density at radius 1 is 1.28 bits per heavy atom. The minimum absolute atomic E-state index is 0.0793. The zero-order chi connectivity index (χ0) is 12.5. The number of nitrogens with one attached hydrogen (secondary N) is 1. The maximum Gasteiger partial charge on any atom is 0.227 e. The molecule has 3 N–H and O–H groups in total. The fourth-order valence-corrected chi connectivity index (χ4v) is 2.27. The first-order chi connectivity index (χ1) is 8.72.